The molecule has 0 aliphatic heterocycles. The standard InChI is InChI=1S/C11H19NO4Si/c1-13-17(14-2,15-3)9-5-7-12-10-11-6-4-8-16-11/h4,6,8,10H,5,7,9H2,1-3H3. The van der Waals surface area contributed by atoms with Crippen LogP contribution in [0, 0.1) is 0 Å². The Morgan fingerprint density at radius 2 is 2.00 bits per heavy atom. The molecule has 0 bridgehead atoms. The molecule has 0 aliphatic rings. The van der Waals surface area contributed by atoms with Crippen LogP contribution < -0.4 is 0 Å². The molecule has 0 spiro atoms. The quantitative estimate of drug-likeness (QED) is 0.406. The molecule has 0 fully saturated rings. The van der Waals surface area contributed by atoms with Crippen LogP contribution in [-0.4, -0.2) is 42.9 Å². The molecule has 1 heterocycles. The fraction of sp³-hybridized carbons (Fsp3) is 0.545. The van der Waals surface area contributed by atoms with Gasteiger partial charge in [-0.25, -0.2) is 0 Å². The van der Waals surface area contributed by atoms with E-state index in [1.807, 2.05) is 12.1 Å². The second-order valence-corrected chi connectivity index (χ2v) is 6.54. The fourth-order valence-electron chi connectivity index (χ4n) is 1.46. The first-order valence-electron chi connectivity index (χ1n) is 5.45. The molecular weight excluding hydrogens is 238 g/mol. The van der Waals surface area contributed by atoms with Gasteiger partial charge in [0.1, 0.15) is 5.76 Å². The summed E-state index contributed by atoms with van der Waals surface area (Å²) >= 11 is 0. The Bertz CT molecular complexity index is 314. The van der Waals surface area contributed by atoms with Crippen molar-refractivity contribution < 1.29 is 17.7 Å². The van der Waals surface area contributed by atoms with Crippen molar-refractivity contribution in [3.63, 3.8) is 0 Å². The van der Waals surface area contributed by atoms with Gasteiger partial charge in [-0.1, -0.05) is 0 Å². The molecule has 5 nitrogen and oxygen atoms in total. The van der Waals surface area contributed by atoms with Gasteiger partial charge in [-0.3, -0.25) is 4.99 Å². The number of rotatable bonds is 8. The highest BCUT2D eigenvalue weighted by atomic mass is 28.4. The third kappa shape index (κ3) is 4.43. The van der Waals surface area contributed by atoms with E-state index < -0.39 is 8.80 Å². The smallest absolute Gasteiger partial charge is 0.463 e. The van der Waals surface area contributed by atoms with Gasteiger partial charge < -0.3 is 17.7 Å². The summed E-state index contributed by atoms with van der Waals surface area (Å²) in [4.78, 5) is 4.26. The molecule has 0 radical (unpaired) electrons. The molecule has 0 aromatic carbocycles. The first kappa shape index (κ1) is 14.1. The lowest BCUT2D eigenvalue weighted by atomic mass is 10.4. The fourth-order valence-corrected chi connectivity index (χ4v) is 3.17. The van der Waals surface area contributed by atoms with Crippen LogP contribution in [0.15, 0.2) is 27.8 Å². The zero-order valence-electron chi connectivity index (χ0n) is 10.5. The zero-order valence-corrected chi connectivity index (χ0v) is 11.5. The van der Waals surface area contributed by atoms with Crippen LogP contribution in [0.1, 0.15) is 12.2 Å². The van der Waals surface area contributed by atoms with Crippen LogP contribution in [0.5, 0.6) is 0 Å². The SMILES string of the molecule is CO[Si](CCCN=Cc1ccco1)(OC)OC. The predicted octanol–water partition coefficient (Wildman–Crippen LogP) is 1.97. The Morgan fingerprint density at radius 3 is 2.53 bits per heavy atom. The van der Waals surface area contributed by atoms with Crippen LogP contribution in [-0.2, 0) is 13.3 Å². The van der Waals surface area contributed by atoms with Crippen molar-refractivity contribution in [2.24, 2.45) is 4.99 Å². The lowest BCUT2D eigenvalue weighted by molar-refractivity contribution is 0.123. The molecule has 1 aromatic heterocycles. The van der Waals surface area contributed by atoms with E-state index >= 15 is 0 Å². The lowest BCUT2D eigenvalue weighted by Crippen LogP contribution is -2.42. The summed E-state index contributed by atoms with van der Waals surface area (Å²) in [6, 6.07) is 4.45. The monoisotopic (exact) mass is 257 g/mol. The van der Waals surface area contributed by atoms with E-state index in [0.29, 0.717) is 6.54 Å². The Labute approximate surface area is 103 Å². The summed E-state index contributed by atoms with van der Waals surface area (Å²) in [6.07, 6.45) is 4.20. The number of nitrogens with zero attached hydrogens (tertiary/aromatic N) is 1. The van der Waals surface area contributed by atoms with Gasteiger partial charge >= 0.3 is 8.80 Å². The Balaban J connectivity index is 2.27. The van der Waals surface area contributed by atoms with Crippen molar-refractivity contribution in [3.05, 3.63) is 24.2 Å². The highest BCUT2D eigenvalue weighted by molar-refractivity contribution is 6.60. The second-order valence-electron chi connectivity index (χ2n) is 3.45. The molecule has 0 unspecified atom stereocenters. The van der Waals surface area contributed by atoms with Crippen LogP contribution in [0.3, 0.4) is 0 Å². The molecule has 96 valence electrons. The molecule has 1 aromatic rings. The van der Waals surface area contributed by atoms with E-state index in [-0.39, 0.29) is 0 Å². The van der Waals surface area contributed by atoms with Gasteiger partial charge in [0.05, 0.1) is 12.5 Å². The third-order valence-corrected chi connectivity index (χ3v) is 5.30. The van der Waals surface area contributed by atoms with E-state index in [1.54, 1.807) is 33.8 Å². The summed E-state index contributed by atoms with van der Waals surface area (Å²) in [6.45, 7) is 0.700. The van der Waals surface area contributed by atoms with E-state index in [9.17, 15) is 0 Å². The van der Waals surface area contributed by atoms with Gasteiger partial charge in [-0.2, -0.15) is 0 Å². The number of aliphatic imine (C=N–C) groups is 1. The maximum Gasteiger partial charge on any atom is 0.500 e. The van der Waals surface area contributed by atoms with Crippen LogP contribution in [0.25, 0.3) is 0 Å². The summed E-state index contributed by atoms with van der Waals surface area (Å²) < 4.78 is 21.1. The predicted molar refractivity (Wildman–Crippen MR) is 67.4 cm³/mol. The molecule has 6 heteroatoms. The van der Waals surface area contributed by atoms with Crippen molar-refractivity contribution >= 4 is 15.0 Å². The van der Waals surface area contributed by atoms with Crippen LogP contribution in [0.2, 0.25) is 6.04 Å². The van der Waals surface area contributed by atoms with E-state index in [1.165, 1.54) is 0 Å². The van der Waals surface area contributed by atoms with Crippen molar-refractivity contribution in [3.8, 4) is 0 Å². The van der Waals surface area contributed by atoms with Crippen molar-refractivity contribution in [1.29, 1.82) is 0 Å². The molecule has 0 saturated heterocycles. The number of hydrogen-bond donors (Lipinski definition) is 0. The number of furan rings is 1. The van der Waals surface area contributed by atoms with Gasteiger partial charge in [0.2, 0.25) is 0 Å². The first-order chi connectivity index (χ1) is 8.26. The average molecular weight is 257 g/mol. The van der Waals surface area contributed by atoms with Crippen molar-refractivity contribution in [2.45, 2.75) is 12.5 Å². The average Bonchev–Trinajstić information content (AvgIpc) is 2.88. The second kappa shape index (κ2) is 7.39. The van der Waals surface area contributed by atoms with Gasteiger partial charge in [-0.15, -0.1) is 0 Å². The van der Waals surface area contributed by atoms with Gasteiger partial charge in [0, 0.05) is 33.9 Å². The molecule has 0 N–H and O–H groups in total. The molecule has 17 heavy (non-hydrogen) atoms. The highest BCUT2D eigenvalue weighted by Gasteiger charge is 2.36. The minimum atomic E-state index is -2.43. The van der Waals surface area contributed by atoms with Crippen molar-refractivity contribution in [2.75, 3.05) is 27.9 Å². The van der Waals surface area contributed by atoms with Crippen molar-refractivity contribution in [1.82, 2.24) is 0 Å². The maximum absolute atomic E-state index is 5.31. The van der Waals surface area contributed by atoms with E-state index in [2.05, 4.69) is 4.99 Å². The zero-order chi connectivity index (χ0) is 12.6. The van der Waals surface area contributed by atoms with Crippen LogP contribution in [0.4, 0.5) is 0 Å². The first-order valence-corrected chi connectivity index (χ1v) is 7.38. The normalized spacial score (nSPS) is 12.4. The Morgan fingerprint density at radius 1 is 1.29 bits per heavy atom. The number of hydrogen-bond acceptors (Lipinski definition) is 5. The summed E-state index contributed by atoms with van der Waals surface area (Å²) in [5.74, 6) is 0.763. The highest BCUT2D eigenvalue weighted by Crippen LogP contribution is 2.14. The molecule has 0 atom stereocenters. The van der Waals surface area contributed by atoms with Crippen LogP contribution >= 0.6 is 0 Å². The topological polar surface area (TPSA) is 53.2 Å². The van der Waals surface area contributed by atoms with E-state index in [0.717, 1.165) is 18.2 Å². The summed E-state index contributed by atoms with van der Waals surface area (Å²) in [5, 5.41) is 0. The Kier molecular flexibility index (Phi) is 6.13. The largest absolute Gasteiger partial charge is 0.500 e. The minimum Gasteiger partial charge on any atom is -0.463 e. The maximum atomic E-state index is 5.31. The third-order valence-electron chi connectivity index (χ3n) is 2.46. The molecule has 0 aliphatic carbocycles. The Hall–Kier alpha value is -0.953. The molecular formula is C11H19NO4Si. The van der Waals surface area contributed by atoms with E-state index in [4.69, 9.17) is 17.7 Å². The molecule has 1 rings (SSSR count). The molecule has 0 amide bonds. The summed E-state index contributed by atoms with van der Waals surface area (Å²) in [7, 11) is 2.42. The lowest BCUT2D eigenvalue weighted by Gasteiger charge is -2.23. The van der Waals surface area contributed by atoms with Gasteiger partial charge in [0.15, 0.2) is 0 Å². The summed E-state index contributed by atoms with van der Waals surface area (Å²) in [5.41, 5.74) is 0. The van der Waals surface area contributed by atoms with Gasteiger partial charge in [0.25, 0.3) is 0 Å². The van der Waals surface area contributed by atoms with Gasteiger partial charge in [-0.05, 0) is 18.6 Å². The molecule has 0 saturated carbocycles. The minimum absolute atomic E-state index is 0.700.